The van der Waals surface area contributed by atoms with Crippen LogP contribution in [0.5, 0.6) is 28.7 Å². The van der Waals surface area contributed by atoms with Crippen molar-refractivity contribution in [2.45, 2.75) is 13.3 Å². The second kappa shape index (κ2) is 5.72. The van der Waals surface area contributed by atoms with Crippen molar-refractivity contribution in [3.63, 3.8) is 0 Å². The summed E-state index contributed by atoms with van der Waals surface area (Å²) in [6.07, 6.45) is 4.06. The molecule has 4 heteroatoms. The first-order valence-corrected chi connectivity index (χ1v) is 7.26. The molecule has 0 fully saturated rings. The van der Waals surface area contributed by atoms with Crippen molar-refractivity contribution < 1.29 is 19.7 Å². The van der Waals surface area contributed by atoms with Crippen molar-refractivity contribution in [1.82, 2.24) is 0 Å². The molecule has 3 rings (SSSR count). The Kier molecular flexibility index (Phi) is 3.74. The Labute approximate surface area is 134 Å². The Morgan fingerprint density at radius 3 is 2.83 bits per heavy atom. The number of allylic oxidation sites excluding steroid dienone is 2. The predicted octanol–water partition coefficient (Wildman–Crippen LogP) is 4.39. The quantitative estimate of drug-likeness (QED) is 0.704. The summed E-state index contributed by atoms with van der Waals surface area (Å²) >= 11 is 0. The van der Waals surface area contributed by atoms with Gasteiger partial charge in [-0.15, -0.1) is 0 Å². The molecule has 118 valence electrons. The minimum atomic E-state index is 0.0814. The molecule has 0 amide bonds. The van der Waals surface area contributed by atoms with Gasteiger partial charge in [0.05, 0.1) is 12.7 Å². The monoisotopic (exact) mass is 310 g/mol. The number of rotatable bonds is 3. The van der Waals surface area contributed by atoms with Crippen LogP contribution in [0.15, 0.2) is 42.5 Å². The molecule has 1 heterocycles. The molecule has 1 aliphatic rings. The molecule has 4 nitrogen and oxygen atoms in total. The zero-order chi connectivity index (χ0) is 16.6. The highest BCUT2D eigenvalue weighted by Crippen LogP contribution is 2.48. The average molecular weight is 310 g/mol. The molecular weight excluding hydrogens is 292 g/mol. The molecule has 23 heavy (non-hydrogen) atoms. The Morgan fingerprint density at radius 2 is 2.13 bits per heavy atom. The second-order valence-corrected chi connectivity index (χ2v) is 5.54. The van der Waals surface area contributed by atoms with Crippen LogP contribution in [-0.2, 0) is 6.42 Å². The Balaban J connectivity index is 2.14. The van der Waals surface area contributed by atoms with Gasteiger partial charge < -0.3 is 19.7 Å². The lowest BCUT2D eigenvalue weighted by Gasteiger charge is -2.23. The molecule has 0 bridgehead atoms. The lowest BCUT2D eigenvalue weighted by atomic mass is 9.96. The topological polar surface area (TPSA) is 58.9 Å². The first-order valence-electron chi connectivity index (χ1n) is 7.26. The first-order chi connectivity index (χ1) is 11.0. The number of ether oxygens (including phenoxy) is 2. The predicted molar refractivity (Wildman–Crippen MR) is 89.5 cm³/mol. The minimum absolute atomic E-state index is 0.0814. The van der Waals surface area contributed by atoms with Gasteiger partial charge in [-0.1, -0.05) is 30.4 Å². The highest BCUT2D eigenvalue weighted by atomic mass is 16.5. The Bertz CT molecular complexity index is 819. The minimum Gasteiger partial charge on any atom is -0.507 e. The number of phenolic OH excluding ortho intramolecular Hbond substituents is 2. The van der Waals surface area contributed by atoms with Crippen molar-refractivity contribution in [2.75, 3.05) is 7.11 Å². The highest BCUT2D eigenvalue weighted by Gasteiger charge is 2.25. The largest absolute Gasteiger partial charge is 0.507 e. The number of phenols is 2. The van der Waals surface area contributed by atoms with Crippen LogP contribution in [-0.4, -0.2) is 17.3 Å². The number of methoxy groups -OCH3 is 1. The number of hydrogen-bond acceptors (Lipinski definition) is 4. The number of benzene rings is 2. The fourth-order valence-electron chi connectivity index (χ4n) is 2.63. The molecule has 0 saturated heterocycles. The van der Waals surface area contributed by atoms with E-state index in [9.17, 15) is 10.2 Å². The summed E-state index contributed by atoms with van der Waals surface area (Å²) < 4.78 is 11.1. The maximum atomic E-state index is 10.7. The van der Waals surface area contributed by atoms with Crippen LogP contribution in [0.25, 0.3) is 6.08 Å². The summed E-state index contributed by atoms with van der Waals surface area (Å²) in [4.78, 5) is 0. The maximum Gasteiger partial charge on any atom is 0.172 e. The van der Waals surface area contributed by atoms with E-state index in [2.05, 4.69) is 6.58 Å². The van der Waals surface area contributed by atoms with E-state index < -0.39 is 0 Å². The normalized spacial score (nSPS) is 12.4. The molecule has 0 unspecified atom stereocenters. The zero-order valence-corrected chi connectivity index (χ0v) is 13.1. The molecule has 0 saturated carbocycles. The van der Waals surface area contributed by atoms with Crippen molar-refractivity contribution >= 4 is 6.08 Å². The van der Waals surface area contributed by atoms with Crippen LogP contribution >= 0.6 is 0 Å². The number of para-hydroxylation sites is 1. The second-order valence-electron chi connectivity index (χ2n) is 5.54. The van der Waals surface area contributed by atoms with Crippen LogP contribution in [0.4, 0.5) is 0 Å². The van der Waals surface area contributed by atoms with Gasteiger partial charge in [-0.3, -0.25) is 0 Å². The van der Waals surface area contributed by atoms with E-state index in [4.69, 9.17) is 9.47 Å². The van der Waals surface area contributed by atoms with Crippen LogP contribution < -0.4 is 9.47 Å². The molecule has 0 aliphatic carbocycles. The van der Waals surface area contributed by atoms with Gasteiger partial charge in [0, 0.05) is 23.6 Å². The Hall–Kier alpha value is -2.88. The summed E-state index contributed by atoms with van der Waals surface area (Å²) in [6.45, 7) is 5.70. The van der Waals surface area contributed by atoms with E-state index >= 15 is 0 Å². The van der Waals surface area contributed by atoms with Gasteiger partial charge in [-0.2, -0.15) is 0 Å². The van der Waals surface area contributed by atoms with Gasteiger partial charge in [0.15, 0.2) is 11.5 Å². The van der Waals surface area contributed by atoms with Gasteiger partial charge >= 0.3 is 0 Å². The van der Waals surface area contributed by atoms with Crippen LogP contribution in [0.3, 0.4) is 0 Å². The fourth-order valence-corrected chi connectivity index (χ4v) is 2.63. The van der Waals surface area contributed by atoms with Crippen molar-refractivity contribution in [3.05, 3.63) is 59.2 Å². The standard InChI is InChI=1S/C19H18O4/c1-11(2)7-8-13-16(22-3)10-17-14(18(13)21)9-12-5-4-6-15(20)19(12)23-17/h4-8,10,20-21H,1,9H2,2-3H3/b8-7+. The SMILES string of the molecule is C=C(C)/C=C/c1c(OC)cc2c(c1O)Cc1cccc(O)c1O2. The first kappa shape index (κ1) is 15.0. The number of fused-ring (bicyclic) bond motifs is 2. The molecule has 2 aromatic carbocycles. The van der Waals surface area contributed by atoms with E-state index in [1.54, 1.807) is 24.3 Å². The smallest absolute Gasteiger partial charge is 0.172 e. The zero-order valence-electron chi connectivity index (χ0n) is 13.1. The number of hydrogen-bond donors (Lipinski definition) is 2. The summed E-state index contributed by atoms with van der Waals surface area (Å²) in [5.74, 6) is 1.61. The van der Waals surface area contributed by atoms with Crippen LogP contribution in [0.2, 0.25) is 0 Å². The van der Waals surface area contributed by atoms with Gasteiger partial charge in [-0.05, 0) is 19.1 Å². The molecule has 0 atom stereocenters. The van der Waals surface area contributed by atoms with Gasteiger partial charge in [0.25, 0.3) is 0 Å². The van der Waals surface area contributed by atoms with Gasteiger partial charge in [0.1, 0.15) is 17.2 Å². The molecule has 0 radical (unpaired) electrons. The lowest BCUT2D eigenvalue weighted by molar-refractivity contribution is 0.377. The van der Waals surface area contributed by atoms with Gasteiger partial charge in [-0.25, -0.2) is 0 Å². The molecular formula is C19H18O4. The fraction of sp³-hybridized carbons (Fsp3) is 0.158. The summed E-state index contributed by atoms with van der Waals surface area (Å²) in [7, 11) is 1.54. The highest BCUT2D eigenvalue weighted by molar-refractivity contribution is 5.72. The molecule has 0 spiro atoms. The average Bonchev–Trinajstić information content (AvgIpc) is 2.53. The lowest BCUT2D eigenvalue weighted by Crippen LogP contribution is -2.05. The van der Waals surface area contributed by atoms with E-state index in [1.165, 1.54) is 7.11 Å². The van der Waals surface area contributed by atoms with E-state index in [-0.39, 0.29) is 11.5 Å². The molecule has 2 N–H and O–H groups in total. The molecule has 0 aromatic heterocycles. The summed E-state index contributed by atoms with van der Waals surface area (Å²) in [5.41, 5.74) is 2.95. The van der Waals surface area contributed by atoms with E-state index in [0.29, 0.717) is 34.8 Å². The third-order valence-electron chi connectivity index (χ3n) is 3.78. The third-order valence-corrected chi connectivity index (χ3v) is 3.78. The molecule has 1 aliphatic heterocycles. The van der Waals surface area contributed by atoms with Crippen molar-refractivity contribution in [2.24, 2.45) is 0 Å². The van der Waals surface area contributed by atoms with Crippen LogP contribution in [0, 0.1) is 0 Å². The summed E-state index contributed by atoms with van der Waals surface area (Å²) in [6, 6.07) is 6.92. The molecule has 2 aromatic rings. The third kappa shape index (κ3) is 2.63. The van der Waals surface area contributed by atoms with Crippen molar-refractivity contribution in [3.8, 4) is 28.7 Å². The van der Waals surface area contributed by atoms with Gasteiger partial charge in [0.2, 0.25) is 0 Å². The van der Waals surface area contributed by atoms with E-state index in [0.717, 1.165) is 11.1 Å². The number of aromatic hydroxyl groups is 2. The summed E-state index contributed by atoms with van der Waals surface area (Å²) in [5, 5.41) is 20.6. The van der Waals surface area contributed by atoms with E-state index in [1.807, 2.05) is 19.1 Å². The Morgan fingerprint density at radius 1 is 1.35 bits per heavy atom. The maximum absolute atomic E-state index is 10.7. The van der Waals surface area contributed by atoms with Crippen LogP contribution in [0.1, 0.15) is 23.6 Å². The van der Waals surface area contributed by atoms with Crippen molar-refractivity contribution in [1.29, 1.82) is 0 Å².